The Balaban J connectivity index is 1.49. The van der Waals surface area contributed by atoms with E-state index in [1.807, 2.05) is 0 Å². The monoisotopic (exact) mass is 672 g/mol. The number of aromatic nitrogens is 2. The molecule has 0 amide bonds. The second kappa shape index (κ2) is 17.2. The summed E-state index contributed by atoms with van der Waals surface area (Å²) in [5.41, 5.74) is 14.0. The maximum absolute atomic E-state index is 5.52. The van der Waals surface area contributed by atoms with Gasteiger partial charge in [0.15, 0.2) is 0 Å². The van der Waals surface area contributed by atoms with Crippen molar-refractivity contribution in [1.82, 2.24) is 9.97 Å². The average molecular weight is 673 g/mol. The zero-order valence-electron chi connectivity index (χ0n) is 31.1. The van der Waals surface area contributed by atoms with E-state index in [9.17, 15) is 0 Å². The normalized spacial score (nSPS) is 11.0. The summed E-state index contributed by atoms with van der Waals surface area (Å²) in [7, 11) is 6.89. The molecule has 0 saturated heterocycles. The van der Waals surface area contributed by atoms with Crippen LogP contribution in [0.5, 0.6) is 23.0 Å². The molecule has 0 radical (unpaired) electrons. The Morgan fingerprint density at radius 2 is 0.560 bits per heavy atom. The minimum atomic E-state index is 0.822. The fraction of sp³-hybridized carbons (Fsp3) is 0.364. The van der Waals surface area contributed by atoms with E-state index >= 15 is 0 Å². The van der Waals surface area contributed by atoms with E-state index in [1.165, 1.54) is 22.3 Å². The second-order valence-corrected chi connectivity index (χ2v) is 13.2. The van der Waals surface area contributed by atoms with Crippen molar-refractivity contribution >= 4 is 0 Å². The van der Waals surface area contributed by atoms with Crippen LogP contribution in [0.3, 0.4) is 0 Å². The van der Waals surface area contributed by atoms with Crippen LogP contribution < -0.4 is 18.9 Å². The van der Waals surface area contributed by atoms with E-state index in [2.05, 4.69) is 100 Å². The van der Waals surface area contributed by atoms with Crippen molar-refractivity contribution in [1.29, 1.82) is 0 Å². The lowest BCUT2D eigenvalue weighted by atomic mass is 9.98. The summed E-state index contributed by atoms with van der Waals surface area (Å²) in [4.78, 5) is 11.0. The molecule has 0 spiro atoms. The molecule has 0 atom stereocenters. The summed E-state index contributed by atoms with van der Waals surface area (Å²) in [5.74, 6) is 3.65. The first-order valence-corrected chi connectivity index (χ1v) is 17.6. The van der Waals surface area contributed by atoms with E-state index < -0.39 is 0 Å². The number of rotatable bonds is 16. The third kappa shape index (κ3) is 9.23. The van der Waals surface area contributed by atoms with E-state index in [-0.39, 0.29) is 0 Å². The zero-order chi connectivity index (χ0) is 35.6. The molecule has 5 rings (SSSR count). The van der Waals surface area contributed by atoms with Gasteiger partial charge in [0.2, 0.25) is 0 Å². The van der Waals surface area contributed by atoms with Crippen molar-refractivity contribution in [3.63, 3.8) is 0 Å². The van der Waals surface area contributed by atoms with Crippen molar-refractivity contribution in [2.24, 2.45) is 0 Å². The quantitative estimate of drug-likeness (QED) is 0.104. The van der Waals surface area contributed by atoms with Crippen molar-refractivity contribution < 1.29 is 18.9 Å². The highest BCUT2D eigenvalue weighted by Gasteiger charge is 2.16. The Morgan fingerprint density at radius 3 is 0.740 bits per heavy atom. The highest BCUT2D eigenvalue weighted by atomic mass is 16.5. The van der Waals surface area contributed by atoms with Crippen molar-refractivity contribution in [3.8, 4) is 23.0 Å². The lowest BCUT2D eigenvalue weighted by Gasteiger charge is -2.17. The van der Waals surface area contributed by atoms with Gasteiger partial charge in [-0.1, -0.05) is 48.5 Å². The van der Waals surface area contributed by atoms with Gasteiger partial charge in [-0.3, -0.25) is 9.97 Å². The molecule has 6 nitrogen and oxygen atoms in total. The highest BCUT2D eigenvalue weighted by molar-refractivity contribution is 5.40. The Morgan fingerprint density at radius 1 is 0.340 bits per heavy atom. The number of nitrogens with zero attached hydrogens (tertiary/aromatic N) is 2. The van der Waals surface area contributed by atoms with Gasteiger partial charge < -0.3 is 18.9 Å². The van der Waals surface area contributed by atoms with Crippen LogP contribution >= 0.6 is 0 Å². The molecule has 4 aromatic carbocycles. The molecule has 0 N–H and O–H groups in total. The van der Waals surface area contributed by atoms with E-state index in [0.717, 1.165) is 119 Å². The topological polar surface area (TPSA) is 62.7 Å². The number of aryl methyl sites for hydroxylation is 12. The van der Waals surface area contributed by atoms with Crippen LogP contribution in [-0.4, -0.2) is 38.4 Å². The standard InChI is InChI=1S/C44H52N2O4/c1-29-25-33(13-21-41(29)47-5)9-17-37-38(18-10-34-14-22-42(48-6)30(2)26-34)46-40(20-12-36-16-24-44(50-8)32(4)28-36)39(45-37)19-11-35-15-23-43(49-7)31(3)27-35/h13-16,21-28H,9-12,17-20H2,1-8H3. The SMILES string of the molecule is COc1ccc(CCc2nc(CCc3ccc(OC)c(C)c3)c(CCc3ccc(OC)c(C)c3)nc2CCc2ccc(OC)c(C)c2)cc1C. The minimum absolute atomic E-state index is 0.822. The molecule has 0 saturated carbocycles. The fourth-order valence-electron chi connectivity index (χ4n) is 6.82. The summed E-state index contributed by atoms with van der Waals surface area (Å²) in [6.45, 7) is 8.40. The van der Waals surface area contributed by atoms with Crippen LogP contribution in [0, 0.1) is 27.7 Å². The third-order valence-corrected chi connectivity index (χ3v) is 9.65. The molecular weight excluding hydrogens is 620 g/mol. The Bertz CT molecular complexity index is 1640. The summed E-state index contributed by atoms with van der Waals surface area (Å²) >= 11 is 0. The zero-order valence-corrected chi connectivity index (χ0v) is 31.1. The predicted octanol–water partition coefficient (Wildman–Crippen LogP) is 8.89. The molecule has 50 heavy (non-hydrogen) atoms. The average Bonchev–Trinajstić information content (AvgIpc) is 3.12. The summed E-state index contributed by atoms with van der Waals surface area (Å²) in [6.07, 6.45) is 6.83. The largest absolute Gasteiger partial charge is 0.496 e. The van der Waals surface area contributed by atoms with Gasteiger partial charge in [-0.05, 0) is 148 Å². The van der Waals surface area contributed by atoms with Gasteiger partial charge in [0.25, 0.3) is 0 Å². The molecule has 1 heterocycles. The molecule has 5 aromatic rings. The van der Waals surface area contributed by atoms with E-state index in [1.54, 1.807) is 28.4 Å². The Labute approximate surface area is 298 Å². The maximum atomic E-state index is 5.52. The summed E-state index contributed by atoms with van der Waals surface area (Å²) in [5, 5.41) is 0. The number of benzene rings is 4. The smallest absolute Gasteiger partial charge is 0.121 e. The molecular formula is C44H52N2O4. The first-order chi connectivity index (χ1) is 24.2. The first-order valence-electron chi connectivity index (χ1n) is 17.6. The predicted molar refractivity (Wildman–Crippen MR) is 203 cm³/mol. The van der Waals surface area contributed by atoms with Gasteiger partial charge in [0, 0.05) is 0 Å². The van der Waals surface area contributed by atoms with Crippen molar-refractivity contribution in [2.75, 3.05) is 28.4 Å². The van der Waals surface area contributed by atoms with Crippen LogP contribution in [0.4, 0.5) is 0 Å². The van der Waals surface area contributed by atoms with Crippen LogP contribution in [0.25, 0.3) is 0 Å². The third-order valence-electron chi connectivity index (χ3n) is 9.65. The summed E-state index contributed by atoms with van der Waals surface area (Å²) < 4.78 is 22.1. The van der Waals surface area contributed by atoms with Gasteiger partial charge in [-0.2, -0.15) is 0 Å². The van der Waals surface area contributed by atoms with Crippen molar-refractivity contribution in [3.05, 3.63) is 140 Å². The van der Waals surface area contributed by atoms with Crippen LogP contribution in [-0.2, 0) is 51.4 Å². The van der Waals surface area contributed by atoms with E-state index in [4.69, 9.17) is 28.9 Å². The van der Waals surface area contributed by atoms with Crippen LogP contribution in [0.1, 0.15) is 67.3 Å². The maximum Gasteiger partial charge on any atom is 0.121 e. The number of hydrogen-bond donors (Lipinski definition) is 0. The van der Waals surface area contributed by atoms with Gasteiger partial charge in [0.05, 0.1) is 51.2 Å². The summed E-state index contributed by atoms with van der Waals surface area (Å²) in [6, 6.07) is 25.8. The van der Waals surface area contributed by atoms with Crippen LogP contribution in [0.15, 0.2) is 72.8 Å². The Kier molecular flexibility index (Phi) is 12.5. The lowest BCUT2D eigenvalue weighted by molar-refractivity contribution is 0.411. The Hall–Kier alpha value is -4.84. The van der Waals surface area contributed by atoms with Gasteiger partial charge in [-0.15, -0.1) is 0 Å². The van der Waals surface area contributed by atoms with Crippen LogP contribution in [0.2, 0.25) is 0 Å². The van der Waals surface area contributed by atoms with E-state index in [0.29, 0.717) is 0 Å². The molecule has 1 aromatic heterocycles. The lowest BCUT2D eigenvalue weighted by Crippen LogP contribution is -2.14. The molecule has 6 heteroatoms. The van der Waals surface area contributed by atoms with Gasteiger partial charge in [-0.25, -0.2) is 0 Å². The number of methoxy groups -OCH3 is 4. The molecule has 0 fully saturated rings. The van der Waals surface area contributed by atoms with Gasteiger partial charge in [0.1, 0.15) is 23.0 Å². The molecule has 0 unspecified atom stereocenters. The van der Waals surface area contributed by atoms with Crippen molar-refractivity contribution in [2.45, 2.75) is 79.1 Å². The molecule has 262 valence electrons. The van der Waals surface area contributed by atoms with Gasteiger partial charge >= 0.3 is 0 Å². The highest BCUT2D eigenvalue weighted by Crippen LogP contribution is 2.25. The molecule has 0 aliphatic heterocycles. The molecule has 0 aliphatic rings. The molecule has 0 bridgehead atoms. The molecule has 0 aliphatic carbocycles. The fourth-order valence-corrected chi connectivity index (χ4v) is 6.82. The first kappa shape index (κ1) is 36.4. The number of hydrogen-bond acceptors (Lipinski definition) is 6. The minimum Gasteiger partial charge on any atom is -0.496 e. The number of ether oxygens (including phenoxy) is 4. The second-order valence-electron chi connectivity index (χ2n) is 13.2.